The molecule has 0 N–H and O–H groups in total. The lowest BCUT2D eigenvalue weighted by atomic mass is 9.86. The molecule has 2 nitrogen and oxygen atoms in total. The first kappa shape index (κ1) is 31.8. The van der Waals surface area contributed by atoms with Gasteiger partial charge in [0.2, 0.25) is 0 Å². The molecule has 0 aliphatic carbocycles. The molecule has 0 atom stereocenters. The summed E-state index contributed by atoms with van der Waals surface area (Å²) in [7, 11) is 0. The third-order valence-electron chi connectivity index (χ3n) is 8.65. The Balaban J connectivity index is 1.58. The van der Waals surface area contributed by atoms with E-state index < -0.39 is 0 Å². The highest BCUT2D eigenvalue weighted by Crippen LogP contribution is 2.35. The molecular formula is C43H44N2. The SMILES string of the molecule is CC(C)Cc1cc(CCC#N)ccc1-c1ccc(-c2ccc(CCC#N)c(Cc3cccc4ccccc34)c2)c(CC(C)C)c1. The van der Waals surface area contributed by atoms with Crippen molar-refractivity contribution in [3.05, 3.63) is 130 Å². The summed E-state index contributed by atoms with van der Waals surface area (Å²) in [5, 5.41) is 21.0. The Kier molecular flexibility index (Phi) is 10.5. The molecule has 2 heteroatoms. The molecule has 0 aromatic heterocycles. The molecule has 0 aliphatic heterocycles. The second-order valence-electron chi connectivity index (χ2n) is 13.2. The van der Waals surface area contributed by atoms with E-state index in [1.54, 1.807) is 0 Å². The van der Waals surface area contributed by atoms with Crippen molar-refractivity contribution in [2.24, 2.45) is 11.8 Å². The quantitative estimate of drug-likeness (QED) is 0.145. The number of hydrogen-bond donors (Lipinski definition) is 0. The lowest BCUT2D eigenvalue weighted by Gasteiger charge is -2.19. The van der Waals surface area contributed by atoms with Gasteiger partial charge in [0.1, 0.15) is 0 Å². The third-order valence-corrected chi connectivity index (χ3v) is 8.65. The molecule has 226 valence electrons. The summed E-state index contributed by atoms with van der Waals surface area (Å²) >= 11 is 0. The average molecular weight is 589 g/mol. The van der Waals surface area contributed by atoms with E-state index in [1.807, 2.05) is 0 Å². The highest BCUT2D eigenvalue weighted by Gasteiger charge is 2.15. The number of nitrogens with zero attached hydrogens (tertiary/aromatic N) is 2. The molecule has 5 aromatic rings. The van der Waals surface area contributed by atoms with Crippen LogP contribution in [0.2, 0.25) is 0 Å². The Morgan fingerprint density at radius 1 is 0.533 bits per heavy atom. The Hall–Kier alpha value is -4.66. The topological polar surface area (TPSA) is 47.6 Å². The van der Waals surface area contributed by atoms with E-state index in [0.29, 0.717) is 24.7 Å². The van der Waals surface area contributed by atoms with Crippen LogP contribution >= 0.6 is 0 Å². The van der Waals surface area contributed by atoms with Crippen molar-refractivity contribution in [1.29, 1.82) is 10.5 Å². The summed E-state index contributed by atoms with van der Waals surface area (Å²) in [5.41, 5.74) is 12.9. The minimum absolute atomic E-state index is 0.517. The van der Waals surface area contributed by atoms with Gasteiger partial charge in [0, 0.05) is 12.8 Å². The summed E-state index contributed by atoms with van der Waals surface area (Å²) in [6.07, 6.45) is 5.47. The van der Waals surface area contributed by atoms with Crippen LogP contribution in [0.15, 0.2) is 97.1 Å². The smallest absolute Gasteiger partial charge is 0.0625 e. The largest absolute Gasteiger partial charge is 0.198 e. The maximum atomic E-state index is 9.38. The van der Waals surface area contributed by atoms with Crippen molar-refractivity contribution < 1.29 is 0 Å². The van der Waals surface area contributed by atoms with E-state index in [0.717, 1.165) is 32.1 Å². The number of nitriles is 2. The maximum absolute atomic E-state index is 9.38. The predicted octanol–water partition coefficient (Wildman–Crippen LogP) is 11.1. The van der Waals surface area contributed by atoms with Crippen LogP contribution in [0.5, 0.6) is 0 Å². The highest BCUT2D eigenvalue weighted by atomic mass is 14.2. The first-order valence-corrected chi connectivity index (χ1v) is 16.4. The van der Waals surface area contributed by atoms with Crippen molar-refractivity contribution >= 4 is 10.8 Å². The molecule has 0 saturated carbocycles. The molecule has 0 aliphatic rings. The summed E-state index contributed by atoms with van der Waals surface area (Å²) in [6, 6.07) is 40.5. The van der Waals surface area contributed by atoms with Crippen LogP contribution in [0.4, 0.5) is 0 Å². The Bertz CT molecular complexity index is 1860. The predicted molar refractivity (Wildman–Crippen MR) is 189 cm³/mol. The monoisotopic (exact) mass is 588 g/mol. The number of fused-ring (bicyclic) bond motifs is 1. The fourth-order valence-corrected chi connectivity index (χ4v) is 6.59. The zero-order chi connectivity index (χ0) is 31.8. The Morgan fingerprint density at radius 2 is 1.13 bits per heavy atom. The normalized spacial score (nSPS) is 11.2. The second-order valence-corrected chi connectivity index (χ2v) is 13.2. The van der Waals surface area contributed by atoms with Crippen LogP contribution in [0.1, 0.15) is 73.9 Å². The van der Waals surface area contributed by atoms with Gasteiger partial charge in [0.15, 0.2) is 0 Å². The molecular weight excluding hydrogens is 544 g/mol. The Labute approximate surface area is 270 Å². The van der Waals surface area contributed by atoms with Crippen molar-refractivity contribution in [3.63, 3.8) is 0 Å². The van der Waals surface area contributed by atoms with Crippen molar-refractivity contribution in [3.8, 4) is 34.4 Å². The second kappa shape index (κ2) is 14.9. The maximum Gasteiger partial charge on any atom is 0.0625 e. The van der Waals surface area contributed by atoms with Gasteiger partial charge >= 0.3 is 0 Å². The van der Waals surface area contributed by atoms with E-state index in [2.05, 4.69) is 137 Å². The molecule has 5 aromatic carbocycles. The summed E-state index contributed by atoms with van der Waals surface area (Å²) in [4.78, 5) is 0. The first-order valence-electron chi connectivity index (χ1n) is 16.4. The molecule has 5 rings (SSSR count). The minimum atomic E-state index is 0.517. The average Bonchev–Trinajstić information content (AvgIpc) is 3.03. The summed E-state index contributed by atoms with van der Waals surface area (Å²) in [5.74, 6) is 1.07. The van der Waals surface area contributed by atoms with Crippen molar-refractivity contribution in [2.45, 2.75) is 72.6 Å². The van der Waals surface area contributed by atoms with Gasteiger partial charge in [-0.1, -0.05) is 125 Å². The fourth-order valence-electron chi connectivity index (χ4n) is 6.59. The first-order chi connectivity index (χ1) is 21.9. The molecule has 0 amide bonds. The number of benzene rings is 5. The lowest BCUT2D eigenvalue weighted by Crippen LogP contribution is -2.02. The van der Waals surface area contributed by atoms with Crippen molar-refractivity contribution in [2.75, 3.05) is 0 Å². The van der Waals surface area contributed by atoms with Crippen LogP contribution in [-0.2, 0) is 32.1 Å². The van der Waals surface area contributed by atoms with Gasteiger partial charge in [0.05, 0.1) is 12.1 Å². The molecule has 0 heterocycles. The van der Waals surface area contributed by atoms with Crippen LogP contribution < -0.4 is 0 Å². The zero-order valence-corrected chi connectivity index (χ0v) is 27.2. The van der Waals surface area contributed by atoms with Gasteiger partial charge in [-0.3, -0.25) is 0 Å². The molecule has 0 saturated heterocycles. The van der Waals surface area contributed by atoms with Gasteiger partial charge in [-0.25, -0.2) is 0 Å². The molecule has 45 heavy (non-hydrogen) atoms. The van der Waals surface area contributed by atoms with Crippen LogP contribution in [0.3, 0.4) is 0 Å². The third kappa shape index (κ3) is 7.90. The summed E-state index contributed by atoms with van der Waals surface area (Å²) < 4.78 is 0. The number of rotatable bonds is 12. The molecule has 0 unspecified atom stereocenters. The van der Waals surface area contributed by atoms with Gasteiger partial charge in [-0.2, -0.15) is 10.5 Å². The van der Waals surface area contributed by atoms with E-state index >= 15 is 0 Å². The number of hydrogen-bond acceptors (Lipinski definition) is 2. The van der Waals surface area contributed by atoms with E-state index in [-0.39, 0.29) is 0 Å². The van der Waals surface area contributed by atoms with Crippen LogP contribution in [0, 0.1) is 34.5 Å². The van der Waals surface area contributed by atoms with Gasteiger partial charge < -0.3 is 0 Å². The van der Waals surface area contributed by atoms with Gasteiger partial charge in [0.25, 0.3) is 0 Å². The fraction of sp³-hybridized carbons (Fsp3) is 0.302. The standard InChI is InChI=1S/C43H44N2/c1-30(2)24-39-26-32(10-8-22-44)16-20-42(39)37-19-21-43(40(29-37)25-31(3)4)36-18-17-33(14-9-23-45)38(28-36)27-35-13-7-12-34-11-5-6-15-41(34)35/h5-7,11-13,15-21,26,28-31H,8-10,14,24-25,27H2,1-4H3. The van der Waals surface area contributed by atoms with Gasteiger partial charge in [-0.15, -0.1) is 0 Å². The van der Waals surface area contributed by atoms with E-state index in [1.165, 1.54) is 66.4 Å². The molecule has 0 radical (unpaired) electrons. The van der Waals surface area contributed by atoms with Crippen LogP contribution in [-0.4, -0.2) is 0 Å². The summed E-state index contributed by atoms with van der Waals surface area (Å²) in [6.45, 7) is 9.13. The van der Waals surface area contributed by atoms with Crippen LogP contribution in [0.25, 0.3) is 33.0 Å². The molecule has 0 fully saturated rings. The Morgan fingerprint density at radius 3 is 1.84 bits per heavy atom. The molecule has 0 bridgehead atoms. The van der Waals surface area contributed by atoms with E-state index in [9.17, 15) is 5.26 Å². The molecule has 0 spiro atoms. The number of aryl methyl sites for hydroxylation is 2. The minimum Gasteiger partial charge on any atom is -0.198 e. The lowest BCUT2D eigenvalue weighted by molar-refractivity contribution is 0.646. The zero-order valence-electron chi connectivity index (χ0n) is 27.2. The van der Waals surface area contributed by atoms with E-state index in [4.69, 9.17) is 5.26 Å². The van der Waals surface area contributed by atoms with Gasteiger partial charge in [-0.05, 0) is 110 Å². The van der Waals surface area contributed by atoms with Crippen molar-refractivity contribution in [1.82, 2.24) is 0 Å². The highest BCUT2D eigenvalue weighted by molar-refractivity contribution is 5.86.